The molecule has 0 aliphatic rings. The fraction of sp³-hybridized carbons (Fsp3) is 0. The van der Waals surface area contributed by atoms with Gasteiger partial charge in [-0.25, -0.2) is 4.79 Å². The van der Waals surface area contributed by atoms with Crippen molar-refractivity contribution in [2.75, 3.05) is 0 Å². The maximum absolute atomic E-state index is 11.3. The lowest BCUT2D eigenvalue weighted by atomic mass is 10.5. The summed E-state index contributed by atoms with van der Waals surface area (Å²) >= 11 is 5.55. The number of nitrogens with one attached hydrogen (secondary N) is 1. The van der Waals surface area contributed by atoms with Crippen LogP contribution in [0.5, 0.6) is 0 Å². The molecule has 0 radical (unpaired) electrons. The predicted molar refractivity (Wildman–Crippen MR) is 53.3 cm³/mol. The van der Waals surface area contributed by atoms with Gasteiger partial charge < -0.3 is 0 Å². The van der Waals surface area contributed by atoms with Gasteiger partial charge >= 0.3 is 5.69 Å². The minimum atomic E-state index is -0.570. The van der Waals surface area contributed by atoms with Crippen LogP contribution in [0.4, 0.5) is 0 Å². The molecule has 0 spiro atoms. The van der Waals surface area contributed by atoms with Gasteiger partial charge in [0.25, 0.3) is 5.56 Å². The van der Waals surface area contributed by atoms with Crippen molar-refractivity contribution in [3.05, 3.63) is 50.4 Å². The Morgan fingerprint density at radius 1 is 1.20 bits per heavy atom. The first-order chi connectivity index (χ1) is 7.16. The molecular weight excluding hydrogens is 220 g/mol. The first kappa shape index (κ1) is 9.60. The molecule has 2 aromatic heterocycles. The maximum Gasteiger partial charge on any atom is 0.334 e. The van der Waals surface area contributed by atoms with Gasteiger partial charge in [-0.3, -0.25) is 14.3 Å². The molecule has 7 heteroatoms. The predicted octanol–water partition coefficient (Wildman–Crippen LogP) is -0.0308. The molecule has 0 unspecified atom stereocenters. The fourth-order valence-electron chi connectivity index (χ4n) is 1.04. The zero-order chi connectivity index (χ0) is 10.8. The van der Waals surface area contributed by atoms with Crippen molar-refractivity contribution in [1.82, 2.24) is 19.7 Å². The molecule has 0 saturated carbocycles. The molecule has 76 valence electrons. The molecule has 0 atom stereocenters. The lowest BCUT2D eigenvalue weighted by Crippen LogP contribution is -2.28. The van der Waals surface area contributed by atoms with E-state index in [4.69, 9.17) is 11.6 Å². The zero-order valence-corrected chi connectivity index (χ0v) is 8.10. The molecule has 0 amide bonds. The summed E-state index contributed by atoms with van der Waals surface area (Å²) in [7, 11) is 0. The molecule has 2 aromatic rings. The van der Waals surface area contributed by atoms with Crippen LogP contribution < -0.4 is 11.2 Å². The quantitative estimate of drug-likeness (QED) is 0.738. The molecule has 6 nitrogen and oxygen atoms in total. The summed E-state index contributed by atoms with van der Waals surface area (Å²) in [6.45, 7) is 0. The number of halogens is 1. The van der Waals surface area contributed by atoms with Crippen molar-refractivity contribution >= 4 is 11.6 Å². The van der Waals surface area contributed by atoms with Gasteiger partial charge in [0, 0.05) is 12.3 Å². The van der Waals surface area contributed by atoms with E-state index in [9.17, 15) is 9.59 Å². The summed E-state index contributed by atoms with van der Waals surface area (Å²) in [5.41, 5.74) is -1.03. The first-order valence-electron chi connectivity index (χ1n) is 3.98. The van der Waals surface area contributed by atoms with Gasteiger partial charge in [-0.05, 0) is 12.1 Å². The van der Waals surface area contributed by atoms with Crippen LogP contribution in [0.1, 0.15) is 0 Å². The van der Waals surface area contributed by atoms with Crippen LogP contribution in [0.15, 0.2) is 34.0 Å². The monoisotopic (exact) mass is 224 g/mol. The summed E-state index contributed by atoms with van der Waals surface area (Å²) in [4.78, 5) is 24.2. The molecule has 0 fully saturated rings. The standard InChI is InChI=1S/C8H5ClN4O2/c9-5-1-2-6(12-11-5)13-4-3-7(14)10-8(13)15/h1-4H,(H,10,14,15). The van der Waals surface area contributed by atoms with Gasteiger partial charge in [0.2, 0.25) is 0 Å². The lowest BCUT2D eigenvalue weighted by Gasteiger charge is -2.01. The average molecular weight is 225 g/mol. The Bertz CT molecular complexity index is 587. The van der Waals surface area contributed by atoms with Crippen LogP contribution in [0.25, 0.3) is 5.82 Å². The second-order valence-corrected chi connectivity index (χ2v) is 3.08. The Hall–Kier alpha value is -1.95. The molecule has 0 aromatic carbocycles. The van der Waals surface area contributed by atoms with Crippen LogP contribution in [0.3, 0.4) is 0 Å². The van der Waals surface area contributed by atoms with Gasteiger partial charge in [0.15, 0.2) is 11.0 Å². The molecule has 2 heterocycles. The molecular formula is C8H5ClN4O2. The molecule has 0 saturated heterocycles. The van der Waals surface area contributed by atoms with Crippen LogP contribution in [-0.2, 0) is 0 Å². The Balaban J connectivity index is 2.59. The van der Waals surface area contributed by atoms with E-state index in [-0.39, 0.29) is 5.15 Å². The Kier molecular flexibility index (Phi) is 2.34. The van der Waals surface area contributed by atoms with Crippen molar-refractivity contribution in [2.45, 2.75) is 0 Å². The molecule has 0 bridgehead atoms. The fourth-order valence-corrected chi connectivity index (χ4v) is 1.14. The Morgan fingerprint density at radius 3 is 2.60 bits per heavy atom. The maximum atomic E-state index is 11.3. The van der Waals surface area contributed by atoms with E-state index in [1.165, 1.54) is 24.4 Å². The summed E-state index contributed by atoms with van der Waals surface area (Å²) < 4.78 is 1.16. The molecule has 0 aliphatic carbocycles. The third-order valence-electron chi connectivity index (χ3n) is 1.69. The van der Waals surface area contributed by atoms with Crippen molar-refractivity contribution < 1.29 is 0 Å². The van der Waals surface area contributed by atoms with Crippen LogP contribution in [0, 0.1) is 0 Å². The SMILES string of the molecule is O=c1ccn(-c2ccc(Cl)nn2)c(=O)[nH]1. The molecule has 1 N–H and O–H groups in total. The highest BCUT2D eigenvalue weighted by molar-refractivity contribution is 6.29. The van der Waals surface area contributed by atoms with E-state index in [1.807, 2.05) is 0 Å². The minimum absolute atomic E-state index is 0.233. The van der Waals surface area contributed by atoms with Crippen molar-refractivity contribution in [1.29, 1.82) is 0 Å². The van der Waals surface area contributed by atoms with Crippen LogP contribution >= 0.6 is 11.6 Å². The molecule has 0 aliphatic heterocycles. The number of hydrogen-bond donors (Lipinski definition) is 1. The van der Waals surface area contributed by atoms with Crippen molar-refractivity contribution in [2.24, 2.45) is 0 Å². The Morgan fingerprint density at radius 2 is 2.00 bits per heavy atom. The van der Waals surface area contributed by atoms with Crippen LogP contribution in [-0.4, -0.2) is 19.7 Å². The number of aromatic nitrogens is 4. The number of aromatic amines is 1. The normalized spacial score (nSPS) is 10.2. The zero-order valence-electron chi connectivity index (χ0n) is 7.35. The largest absolute Gasteiger partial charge is 0.334 e. The van der Waals surface area contributed by atoms with Gasteiger partial charge in [-0.15, -0.1) is 10.2 Å². The Labute approximate surface area is 88.2 Å². The highest BCUT2D eigenvalue weighted by Gasteiger charge is 2.01. The number of hydrogen-bond acceptors (Lipinski definition) is 4. The van der Waals surface area contributed by atoms with E-state index in [0.717, 1.165) is 4.57 Å². The van der Waals surface area contributed by atoms with E-state index in [0.29, 0.717) is 5.82 Å². The third-order valence-corrected chi connectivity index (χ3v) is 1.89. The number of nitrogens with zero attached hydrogens (tertiary/aromatic N) is 3. The van der Waals surface area contributed by atoms with Crippen molar-refractivity contribution in [3.63, 3.8) is 0 Å². The highest BCUT2D eigenvalue weighted by atomic mass is 35.5. The summed E-state index contributed by atoms with van der Waals surface area (Å²) in [5, 5.41) is 7.51. The summed E-state index contributed by atoms with van der Waals surface area (Å²) in [6.07, 6.45) is 1.32. The number of H-pyrrole nitrogens is 1. The minimum Gasteiger partial charge on any atom is -0.274 e. The third kappa shape index (κ3) is 1.94. The molecule has 15 heavy (non-hydrogen) atoms. The van der Waals surface area contributed by atoms with E-state index in [1.54, 1.807) is 0 Å². The van der Waals surface area contributed by atoms with Gasteiger partial charge in [-0.2, -0.15) is 0 Å². The van der Waals surface area contributed by atoms with Crippen molar-refractivity contribution in [3.8, 4) is 5.82 Å². The smallest absolute Gasteiger partial charge is 0.274 e. The first-order valence-corrected chi connectivity index (χ1v) is 4.36. The average Bonchev–Trinajstić information content (AvgIpc) is 2.20. The molecule has 2 rings (SSSR count). The topological polar surface area (TPSA) is 80.6 Å². The number of rotatable bonds is 1. The van der Waals surface area contributed by atoms with E-state index in [2.05, 4.69) is 15.2 Å². The van der Waals surface area contributed by atoms with Crippen LogP contribution in [0.2, 0.25) is 5.15 Å². The second-order valence-electron chi connectivity index (χ2n) is 2.69. The van der Waals surface area contributed by atoms with E-state index < -0.39 is 11.2 Å². The van der Waals surface area contributed by atoms with Gasteiger partial charge in [-0.1, -0.05) is 11.6 Å². The highest BCUT2D eigenvalue weighted by Crippen LogP contribution is 2.03. The summed E-state index contributed by atoms with van der Waals surface area (Å²) in [6, 6.07) is 4.24. The van der Waals surface area contributed by atoms with E-state index >= 15 is 0 Å². The lowest BCUT2D eigenvalue weighted by molar-refractivity contribution is 0.835. The summed E-state index contributed by atoms with van der Waals surface area (Å²) in [5.74, 6) is 0.292. The van der Waals surface area contributed by atoms with Gasteiger partial charge in [0.1, 0.15) is 0 Å². The van der Waals surface area contributed by atoms with Gasteiger partial charge in [0.05, 0.1) is 0 Å². The second kappa shape index (κ2) is 3.66.